The molecule has 3 heteroatoms. The number of ether oxygens (including phenoxy) is 1. The van der Waals surface area contributed by atoms with Crippen molar-refractivity contribution >= 4 is 11.6 Å². The molecule has 1 fully saturated rings. The largest absolute Gasteiger partial charge is 0.489 e. The summed E-state index contributed by atoms with van der Waals surface area (Å²) >= 11 is 6.05. The summed E-state index contributed by atoms with van der Waals surface area (Å²) in [6.07, 6.45) is 1.96. The van der Waals surface area contributed by atoms with E-state index < -0.39 is 0 Å². The number of nitrogens with zero attached hydrogens (tertiary/aromatic N) is 1. The van der Waals surface area contributed by atoms with Gasteiger partial charge in [0.1, 0.15) is 5.75 Å². The maximum atomic E-state index is 9.13. The summed E-state index contributed by atoms with van der Waals surface area (Å²) in [4.78, 5) is 0. The van der Waals surface area contributed by atoms with E-state index in [9.17, 15) is 0 Å². The molecular formula is C13H14ClNO. The third kappa shape index (κ3) is 2.01. The third-order valence-corrected chi connectivity index (χ3v) is 3.12. The van der Waals surface area contributed by atoms with Crippen LogP contribution in [0.2, 0.25) is 5.02 Å². The van der Waals surface area contributed by atoms with E-state index in [1.807, 2.05) is 32.0 Å². The van der Waals surface area contributed by atoms with E-state index in [0.717, 1.165) is 18.4 Å². The molecule has 0 aliphatic heterocycles. The molecule has 0 aromatic heterocycles. The Bertz CT molecular complexity index is 444. The quantitative estimate of drug-likeness (QED) is 0.801. The predicted octanol–water partition coefficient (Wildman–Crippen LogP) is 3.68. The molecule has 1 saturated carbocycles. The number of benzene rings is 1. The van der Waals surface area contributed by atoms with Gasteiger partial charge in [0.25, 0.3) is 0 Å². The lowest BCUT2D eigenvalue weighted by Gasteiger charge is -2.14. The molecule has 1 aliphatic carbocycles. The second-order valence-corrected chi connectivity index (χ2v) is 4.91. The van der Waals surface area contributed by atoms with Gasteiger partial charge in [-0.3, -0.25) is 0 Å². The van der Waals surface area contributed by atoms with Gasteiger partial charge < -0.3 is 4.74 Å². The highest BCUT2D eigenvalue weighted by Gasteiger charge is 2.45. The molecule has 0 N–H and O–H groups in total. The van der Waals surface area contributed by atoms with E-state index in [0.29, 0.717) is 10.8 Å². The van der Waals surface area contributed by atoms with E-state index in [2.05, 4.69) is 6.07 Å². The molecule has 2 nitrogen and oxygen atoms in total. The summed E-state index contributed by atoms with van der Waals surface area (Å²) in [6.45, 7) is 3.92. The molecular weight excluding hydrogens is 222 g/mol. The van der Waals surface area contributed by atoms with Gasteiger partial charge >= 0.3 is 0 Å². The summed E-state index contributed by atoms with van der Waals surface area (Å²) in [7, 11) is 0. The topological polar surface area (TPSA) is 33.0 Å². The molecule has 0 radical (unpaired) electrons. The van der Waals surface area contributed by atoms with Crippen molar-refractivity contribution in [1.82, 2.24) is 0 Å². The van der Waals surface area contributed by atoms with Crippen LogP contribution in [0.15, 0.2) is 18.2 Å². The van der Waals surface area contributed by atoms with Crippen LogP contribution in [0.1, 0.15) is 32.3 Å². The fraction of sp³-hybridized carbons (Fsp3) is 0.462. The molecule has 0 atom stereocenters. The van der Waals surface area contributed by atoms with Gasteiger partial charge in [0, 0.05) is 0 Å². The van der Waals surface area contributed by atoms with Gasteiger partial charge in [-0.15, -0.1) is 0 Å². The SMILES string of the molecule is CC(C)Oc1cc(C2(C#N)CC2)ccc1Cl. The maximum absolute atomic E-state index is 9.13. The highest BCUT2D eigenvalue weighted by atomic mass is 35.5. The van der Waals surface area contributed by atoms with Gasteiger partial charge in [0.2, 0.25) is 0 Å². The first-order valence-corrected chi connectivity index (χ1v) is 5.83. The summed E-state index contributed by atoms with van der Waals surface area (Å²) < 4.78 is 5.61. The van der Waals surface area contributed by atoms with Crippen LogP contribution < -0.4 is 4.74 Å². The zero-order valence-corrected chi connectivity index (χ0v) is 10.2. The molecule has 0 bridgehead atoms. The maximum Gasteiger partial charge on any atom is 0.138 e. The Hall–Kier alpha value is -1.20. The van der Waals surface area contributed by atoms with E-state index in [4.69, 9.17) is 21.6 Å². The highest BCUT2D eigenvalue weighted by Crippen LogP contribution is 2.48. The van der Waals surface area contributed by atoms with Crippen LogP contribution in [-0.4, -0.2) is 6.10 Å². The Kier molecular flexibility index (Phi) is 2.82. The van der Waals surface area contributed by atoms with Crippen molar-refractivity contribution in [2.45, 2.75) is 38.2 Å². The van der Waals surface area contributed by atoms with Crippen molar-refractivity contribution in [2.24, 2.45) is 0 Å². The lowest BCUT2D eigenvalue weighted by molar-refractivity contribution is 0.242. The summed E-state index contributed by atoms with van der Waals surface area (Å²) in [5.41, 5.74) is 0.745. The fourth-order valence-corrected chi connectivity index (χ4v) is 1.90. The Morgan fingerprint density at radius 3 is 2.62 bits per heavy atom. The normalized spacial score (nSPS) is 16.9. The van der Waals surface area contributed by atoms with Crippen LogP contribution in [0.25, 0.3) is 0 Å². The average molecular weight is 236 g/mol. The molecule has 0 amide bonds. The smallest absolute Gasteiger partial charge is 0.138 e. The third-order valence-electron chi connectivity index (χ3n) is 2.81. The number of halogens is 1. The van der Waals surface area contributed by atoms with Crippen molar-refractivity contribution < 1.29 is 4.74 Å². The lowest BCUT2D eigenvalue weighted by atomic mass is 9.98. The first kappa shape index (κ1) is 11.3. The number of nitriles is 1. The molecule has 1 aromatic carbocycles. The minimum atomic E-state index is -0.278. The zero-order valence-electron chi connectivity index (χ0n) is 9.46. The summed E-state index contributed by atoms with van der Waals surface area (Å²) in [5, 5.41) is 9.73. The molecule has 0 saturated heterocycles. The molecule has 2 rings (SSSR count). The summed E-state index contributed by atoms with van der Waals surface area (Å²) in [6, 6.07) is 8.01. The highest BCUT2D eigenvalue weighted by molar-refractivity contribution is 6.32. The molecule has 16 heavy (non-hydrogen) atoms. The first-order chi connectivity index (χ1) is 7.57. The Morgan fingerprint density at radius 2 is 2.12 bits per heavy atom. The molecule has 0 spiro atoms. The van der Waals surface area contributed by atoms with Crippen LogP contribution >= 0.6 is 11.6 Å². The van der Waals surface area contributed by atoms with E-state index in [-0.39, 0.29) is 11.5 Å². The lowest BCUT2D eigenvalue weighted by Crippen LogP contribution is -2.08. The fourth-order valence-electron chi connectivity index (χ4n) is 1.74. The van der Waals surface area contributed by atoms with Gasteiger partial charge in [-0.2, -0.15) is 5.26 Å². The molecule has 0 unspecified atom stereocenters. The monoisotopic (exact) mass is 235 g/mol. The van der Waals surface area contributed by atoms with Crippen molar-refractivity contribution in [3.05, 3.63) is 28.8 Å². The van der Waals surface area contributed by atoms with Crippen LogP contribution in [0.4, 0.5) is 0 Å². The Balaban J connectivity index is 2.33. The standard InChI is InChI=1S/C13H14ClNO/c1-9(2)16-12-7-10(3-4-11(12)14)13(8-15)5-6-13/h3-4,7,9H,5-6H2,1-2H3. The van der Waals surface area contributed by atoms with Crippen molar-refractivity contribution in [2.75, 3.05) is 0 Å². The van der Waals surface area contributed by atoms with Crippen LogP contribution in [0.5, 0.6) is 5.75 Å². The van der Waals surface area contributed by atoms with Gasteiger partial charge in [-0.1, -0.05) is 17.7 Å². The van der Waals surface area contributed by atoms with E-state index in [1.54, 1.807) is 0 Å². The summed E-state index contributed by atoms with van der Waals surface area (Å²) in [5.74, 6) is 0.677. The number of rotatable bonds is 3. The van der Waals surface area contributed by atoms with Crippen LogP contribution in [-0.2, 0) is 5.41 Å². The second kappa shape index (κ2) is 3.99. The van der Waals surface area contributed by atoms with Crippen molar-refractivity contribution in [3.63, 3.8) is 0 Å². The average Bonchev–Trinajstić information content (AvgIpc) is 3.01. The predicted molar refractivity (Wildman–Crippen MR) is 63.7 cm³/mol. The van der Waals surface area contributed by atoms with Crippen LogP contribution in [0, 0.1) is 11.3 Å². The molecule has 1 aromatic rings. The molecule has 1 aliphatic rings. The van der Waals surface area contributed by atoms with Crippen molar-refractivity contribution in [3.8, 4) is 11.8 Å². The van der Waals surface area contributed by atoms with Gasteiger partial charge in [0.15, 0.2) is 0 Å². The second-order valence-electron chi connectivity index (χ2n) is 4.51. The zero-order chi connectivity index (χ0) is 11.8. The Labute approximate surface area is 101 Å². The minimum Gasteiger partial charge on any atom is -0.489 e. The van der Waals surface area contributed by atoms with Gasteiger partial charge in [-0.25, -0.2) is 0 Å². The van der Waals surface area contributed by atoms with E-state index >= 15 is 0 Å². The number of hydrogen-bond acceptors (Lipinski definition) is 2. The van der Waals surface area contributed by atoms with Crippen LogP contribution in [0.3, 0.4) is 0 Å². The van der Waals surface area contributed by atoms with Gasteiger partial charge in [-0.05, 0) is 44.4 Å². The van der Waals surface area contributed by atoms with Crippen molar-refractivity contribution in [1.29, 1.82) is 5.26 Å². The molecule has 0 heterocycles. The Morgan fingerprint density at radius 1 is 1.44 bits per heavy atom. The number of hydrogen-bond donors (Lipinski definition) is 0. The molecule has 84 valence electrons. The first-order valence-electron chi connectivity index (χ1n) is 5.45. The van der Waals surface area contributed by atoms with Gasteiger partial charge in [0.05, 0.1) is 22.6 Å². The van der Waals surface area contributed by atoms with E-state index in [1.165, 1.54) is 0 Å². The minimum absolute atomic E-state index is 0.0880.